The second-order valence-electron chi connectivity index (χ2n) is 3.04. The molecule has 0 radical (unpaired) electrons. The number of benzene rings is 2. The van der Waals surface area contributed by atoms with E-state index in [1.54, 1.807) is 18.2 Å². The molecule has 2 nitrogen and oxygen atoms in total. The van der Waals surface area contributed by atoms with Crippen molar-refractivity contribution >= 4 is 11.4 Å². The van der Waals surface area contributed by atoms with Gasteiger partial charge in [-0.15, -0.1) is 0 Å². The van der Waals surface area contributed by atoms with Gasteiger partial charge in [-0.3, -0.25) is 0 Å². The minimum Gasteiger partial charge on any atom is -0.508 e. The van der Waals surface area contributed by atoms with Gasteiger partial charge in [0.1, 0.15) is 5.75 Å². The van der Waals surface area contributed by atoms with Gasteiger partial charge in [0.05, 0.1) is 0 Å². The Morgan fingerprint density at radius 3 is 1.50 bits per heavy atom. The summed E-state index contributed by atoms with van der Waals surface area (Å²) in [6.45, 7) is 16.0. The van der Waals surface area contributed by atoms with Crippen molar-refractivity contribution in [1.29, 1.82) is 0 Å². The van der Waals surface area contributed by atoms with E-state index in [2.05, 4.69) is 5.32 Å². The highest BCUT2D eigenvalue weighted by atomic mass is 16.3. The lowest BCUT2D eigenvalue weighted by Gasteiger charge is -2.05. The molecule has 2 heteroatoms. The maximum atomic E-state index is 9.25. The molecule has 2 aromatic carbocycles. The van der Waals surface area contributed by atoms with Crippen LogP contribution < -0.4 is 5.32 Å². The first-order valence-electron chi connectivity index (χ1n) is 8.46. The number of nitrogens with one attached hydrogen (secondary N) is 1. The third-order valence-electron chi connectivity index (χ3n) is 1.91. The van der Waals surface area contributed by atoms with Crippen molar-refractivity contribution in [3.63, 3.8) is 0 Å². The Bertz CT molecular complexity index is 413. The molecule has 2 rings (SSSR count). The Morgan fingerprint density at radius 1 is 0.591 bits per heavy atom. The van der Waals surface area contributed by atoms with Gasteiger partial charge in [0.15, 0.2) is 0 Å². The van der Waals surface area contributed by atoms with Crippen LogP contribution in [-0.2, 0) is 0 Å². The molecule has 126 valence electrons. The van der Waals surface area contributed by atoms with E-state index in [1.165, 1.54) is 0 Å². The summed E-state index contributed by atoms with van der Waals surface area (Å²) in [5, 5.41) is 12.4. The first-order chi connectivity index (χ1) is 10.8. The molecule has 2 aromatic rings. The Balaban J connectivity index is -0.000000394. The van der Waals surface area contributed by atoms with Crippen LogP contribution in [0.3, 0.4) is 0 Å². The largest absolute Gasteiger partial charge is 0.508 e. The van der Waals surface area contributed by atoms with E-state index < -0.39 is 0 Å². The third kappa shape index (κ3) is 13.0. The van der Waals surface area contributed by atoms with Crippen LogP contribution in [0.4, 0.5) is 11.4 Å². The van der Waals surface area contributed by atoms with Gasteiger partial charge in [-0.05, 0) is 24.3 Å². The van der Waals surface area contributed by atoms with Crippen LogP contribution in [-0.4, -0.2) is 5.11 Å². The van der Waals surface area contributed by atoms with Crippen LogP contribution >= 0.6 is 0 Å². The standard InChI is InChI=1S/C12H11NO.4C2H6/c14-12-8-4-7-11(9-12)13-10-5-2-1-3-6-10;4*1-2/h1-9,13-14H;4*1-2H3. The van der Waals surface area contributed by atoms with E-state index in [4.69, 9.17) is 0 Å². The third-order valence-corrected chi connectivity index (χ3v) is 1.91. The first-order valence-corrected chi connectivity index (χ1v) is 8.46. The van der Waals surface area contributed by atoms with Crippen molar-refractivity contribution in [2.75, 3.05) is 5.32 Å². The van der Waals surface area contributed by atoms with E-state index >= 15 is 0 Å². The van der Waals surface area contributed by atoms with Gasteiger partial charge in [-0.1, -0.05) is 79.7 Å². The minimum atomic E-state index is 0.269. The summed E-state index contributed by atoms with van der Waals surface area (Å²) in [5.74, 6) is 0.269. The van der Waals surface area contributed by atoms with Gasteiger partial charge in [-0.25, -0.2) is 0 Å². The zero-order chi connectivity index (χ0) is 17.8. The van der Waals surface area contributed by atoms with Crippen LogP contribution in [0.1, 0.15) is 55.4 Å². The molecule has 0 bridgehead atoms. The van der Waals surface area contributed by atoms with Gasteiger partial charge >= 0.3 is 0 Å². The molecular weight excluding hydrogens is 270 g/mol. The molecule has 0 aliphatic heterocycles. The van der Waals surface area contributed by atoms with Crippen LogP contribution in [0, 0.1) is 0 Å². The van der Waals surface area contributed by atoms with Gasteiger partial charge in [0, 0.05) is 17.4 Å². The summed E-state index contributed by atoms with van der Waals surface area (Å²) >= 11 is 0. The molecule has 0 heterocycles. The van der Waals surface area contributed by atoms with E-state index in [9.17, 15) is 5.11 Å². The molecule has 0 saturated heterocycles. The quantitative estimate of drug-likeness (QED) is 0.612. The van der Waals surface area contributed by atoms with Gasteiger partial charge in [0.25, 0.3) is 0 Å². The summed E-state index contributed by atoms with van der Waals surface area (Å²) in [4.78, 5) is 0. The van der Waals surface area contributed by atoms with Gasteiger partial charge in [0.2, 0.25) is 0 Å². The topological polar surface area (TPSA) is 32.3 Å². The Morgan fingerprint density at radius 2 is 1.05 bits per heavy atom. The van der Waals surface area contributed by atoms with Crippen molar-refractivity contribution in [2.45, 2.75) is 55.4 Å². The van der Waals surface area contributed by atoms with E-state index in [0.717, 1.165) is 11.4 Å². The molecule has 0 spiro atoms. The lowest BCUT2D eigenvalue weighted by molar-refractivity contribution is 0.475. The average molecular weight is 306 g/mol. The number of hydrogen-bond acceptors (Lipinski definition) is 2. The zero-order valence-corrected chi connectivity index (χ0v) is 15.6. The van der Waals surface area contributed by atoms with Crippen molar-refractivity contribution in [2.24, 2.45) is 0 Å². The Kier molecular flexibility index (Phi) is 24.3. The van der Waals surface area contributed by atoms with Crippen molar-refractivity contribution in [3.05, 3.63) is 54.6 Å². The lowest BCUT2D eigenvalue weighted by atomic mass is 10.2. The summed E-state index contributed by atoms with van der Waals surface area (Å²) in [5.41, 5.74) is 1.90. The lowest BCUT2D eigenvalue weighted by Crippen LogP contribution is -1.88. The summed E-state index contributed by atoms with van der Waals surface area (Å²) in [6, 6.07) is 16.9. The molecule has 0 atom stereocenters. The Labute approximate surface area is 138 Å². The van der Waals surface area contributed by atoms with Crippen molar-refractivity contribution in [3.8, 4) is 5.75 Å². The molecule has 0 unspecified atom stereocenters. The molecule has 0 amide bonds. The number of rotatable bonds is 2. The molecule has 0 saturated carbocycles. The summed E-state index contributed by atoms with van der Waals surface area (Å²) in [6.07, 6.45) is 0. The minimum absolute atomic E-state index is 0.269. The number of phenolic OH excluding ortho intramolecular Hbond substituents is 1. The normalized spacial score (nSPS) is 7.27. The molecular formula is C20H35NO. The van der Waals surface area contributed by atoms with Crippen LogP contribution in [0.5, 0.6) is 5.75 Å². The average Bonchev–Trinajstić information content (AvgIpc) is 2.63. The van der Waals surface area contributed by atoms with Gasteiger partial charge in [-0.2, -0.15) is 0 Å². The second-order valence-corrected chi connectivity index (χ2v) is 3.04. The van der Waals surface area contributed by atoms with Crippen molar-refractivity contribution < 1.29 is 5.11 Å². The molecule has 2 N–H and O–H groups in total. The fourth-order valence-electron chi connectivity index (χ4n) is 1.27. The number of anilines is 2. The molecule has 0 aliphatic carbocycles. The highest BCUT2D eigenvalue weighted by Crippen LogP contribution is 2.19. The SMILES string of the molecule is CC.CC.CC.CC.Oc1cccc(Nc2ccccc2)c1. The predicted molar refractivity (Wildman–Crippen MR) is 103 cm³/mol. The number of phenols is 1. The molecule has 0 aliphatic rings. The van der Waals surface area contributed by atoms with Crippen LogP contribution in [0.25, 0.3) is 0 Å². The van der Waals surface area contributed by atoms with E-state index in [-0.39, 0.29) is 5.75 Å². The molecule has 0 fully saturated rings. The maximum absolute atomic E-state index is 9.25. The first kappa shape index (κ1) is 25.0. The Hall–Kier alpha value is -1.96. The predicted octanol–water partition coefficient (Wildman–Crippen LogP) is 7.24. The monoisotopic (exact) mass is 305 g/mol. The molecule has 0 aromatic heterocycles. The fourth-order valence-corrected chi connectivity index (χ4v) is 1.27. The van der Waals surface area contributed by atoms with E-state index in [1.807, 2.05) is 91.8 Å². The smallest absolute Gasteiger partial charge is 0.117 e. The second kappa shape index (κ2) is 21.3. The summed E-state index contributed by atoms with van der Waals surface area (Å²) in [7, 11) is 0. The number of aromatic hydroxyl groups is 1. The number of para-hydroxylation sites is 1. The van der Waals surface area contributed by atoms with Crippen LogP contribution in [0.15, 0.2) is 54.6 Å². The molecule has 22 heavy (non-hydrogen) atoms. The highest BCUT2D eigenvalue weighted by Gasteiger charge is 1.93. The highest BCUT2D eigenvalue weighted by molar-refractivity contribution is 5.60. The maximum Gasteiger partial charge on any atom is 0.117 e. The summed E-state index contributed by atoms with van der Waals surface area (Å²) < 4.78 is 0. The van der Waals surface area contributed by atoms with Gasteiger partial charge < -0.3 is 10.4 Å². The van der Waals surface area contributed by atoms with Crippen molar-refractivity contribution in [1.82, 2.24) is 0 Å². The van der Waals surface area contributed by atoms with E-state index in [0.29, 0.717) is 0 Å². The number of hydrogen-bond donors (Lipinski definition) is 2. The van der Waals surface area contributed by atoms with Crippen LogP contribution in [0.2, 0.25) is 0 Å². The zero-order valence-electron chi connectivity index (χ0n) is 15.6. The fraction of sp³-hybridized carbons (Fsp3) is 0.400.